The molecule has 0 amide bonds. The van der Waals surface area contributed by atoms with E-state index in [1.54, 1.807) is 19.2 Å². The first kappa shape index (κ1) is 14.1. The Labute approximate surface area is 113 Å². The normalized spacial score (nSPS) is 18.2. The third-order valence-corrected chi connectivity index (χ3v) is 3.46. The molecule has 5 nitrogen and oxygen atoms in total. The van der Waals surface area contributed by atoms with Crippen LogP contribution in [0, 0.1) is 0 Å². The molecule has 1 aromatic carbocycles. The Morgan fingerprint density at radius 1 is 1.42 bits per heavy atom. The van der Waals surface area contributed by atoms with Crippen molar-refractivity contribution in [2.24, 2.45) is 0 Å². The monoisotopic (exact) mass is 266 g/mol. The second-order valence-corrected chi connectivity index (χ2v) is 4.76. The summed E-state index contributed by atoms with van der Waals surface area (Å²) < 4.78 is 10.4. The van der Waals surface area contributed by atoms with Gasteiger partial charge in [-0.2, -0.15) is 0 Å². The number of benzene rings is 1. The molecule has 1 saturated heterocycles. The van der Waals surface area contributed by atoms with Crippen LogP contribution in [0.15, 0.2) is 18.2 Å². The molecule has 1 unspecified atom stereocenters. The number of aliphatic hydroxyl groups excluding tert-OH is 1. The van der Waals surface area contributed by atoms with Gasteiger partial charge in [0, 0.05) is 19.6 Å². The van der Waals surface area contributed by atoms with Crippen molar-refractivity contribution in [1.29, 1.82) is 0 Å². The summed E-state index contributed by atoms with van der Waals surface area (Å²) in [7, 11) is 1.58. The van der Waals surface area contributed by atoms with Gasteiger partial charge in [0.25, 0.3) is 0 Å². The summed E-state index contributed by atoms with van der Waals surface area (Å²) in [5, 5.41) is 10.2. The fraction of sp³-hybridized carbons (Fsp3) is 0.571. The predicted octanol–water partition coefficient (Wildman–Crippen LogP) is 1.03. The van der Waals surface area contributed by atoms with Gasteiger partial charge in [-0.05, 0) is 24.1 Å². The molecule has 0 spiro atoms. The number of hydrogen-bond acceptors (Lipinski definition) is 5. The molecule has 1 fully saturated rings. The lowest BCUT2D eigenvalue weighted by Crippen LogP contribution is -2.37. The maximum absolute atomic E-state index is 10.2. The lowest BCUT2D eigenvalue weighted by molar-refractivity contribution is 0.0300. The summed E-state index contributed by atoms with van der Waals surface area (Å²) in [4.78, 5) is 2.31. The van der Waals surface area contributed by atoms with Crippen LogP contribution < -0.4 is 10.5 Å². The molecular weight excluding hydrogens is 244 g/mol. The Balaban J connectivity index is 1.88. The summed E-state index contributed by atoms with van der Waals surface area (Å²) in [6, 6.07) is 5.44. The van der Waals surface area contributed by atoms with Crippen molar-refractivity contribution in [3.8, 4) is 5.75 Å². The third-order valence-electron chi connectivity index (χ3n) is 3.46. The molecular formula is C14H22N2O3. The highest BCUT2D eigenvalue weighted by Crippen LogP contribution is 2.26. The van der Waals surface area contributed by atoms with Crippen molar-refractivity contribution in [1.82, 2.24) is 4.90 Å². The van der Waals surface area contributed by atoms with Crippen LogP contribution in [0.4, 0.5) is 5.69 Å². The van der Waals surface area contributed by atoms with Crippen LogP contribution in [0.25, 0.3) is 0 Å². The lowest BCUT2D eigenvalue weighted by atomic mass is 10.1. The molecule has 0 radical (unpaired) electrons. The van der Waals surface area contributed by atoms with E-state index in [1.807, 2.05) is 6.07 Å². The number of morpholine rings is 1. The molecule has 0 aromatic heterocycles. The van der Waals surface area contributed by atoms with Crippen LogP contribution in [0.1, 0.15) is 18.1 Å². The molecule has 2 rings (SSSR count). The molecule has 1 aliphatic heterocycles. The number of methoxy groups -OCH3 is 1. The molecule has 0 bridgehead atoms. The van der Waals surface area contributed by atoms with Crippen molar-refractivity contribution in [3.63, 3.8) is 0 Å². The summed E-state index contributed by atoms with van der Waals surface area (Å²) in [5.41, 5.74) is 7.25. The van der Waals surface area contributed by atoms with E-state index in [0.29, 0.717) is 17.9 Å². The molecule has 1 aromatic rings. The van der Waals surface area contributed by atoms with Gasteiger partial charge in [-0.25, -0.2) is 0 Å². The minimum atomic E-state index is -0.490. The van der Waals surface area contributed by atoms with E-state index in [-0.39, 0.29) is 0 Å². The third kappa shape index (κ3) is 3.83. The first-order valence-electron chi connectivity index (χ1n) is 6.62. The number of anilines is 1. The zero-order valence-electron chi connectivity index (χ0n) is 11.3. The first-order chi connectivity index (χ1) is 9.20. The molecule has 3 N–H and O–H groups in total. The van der Waals surface area contributed by atoms with Gasteiger partial charge in [-0.3, -0.25) is 4.90 Å². The van der Waals surface area contributed by atoms with Crippen molar-refractivity contribution in [2.75, 3.05) is 45.7 Å². The van der Waals surface area contributed by atoms with Crippen LogP contribution in [0.2, 0.25) is 0 Å². The summed E-state index contributed by atoms with van der Waals surface area (Å²) in [6.07, 6.45) is 0.210. The van der Waals surface area contributed by atoms with Crippen LogP contribution >= 0.6 is 0 Å². The zero-order valence-corrected chi connectivity index (χ0v) is 11.3. The summed E-state index contributed by atoms with van der Waals surface area (Å²) in [6.45, 7) is 4.32. The van der Waals surface area contributed by atoms with Crippen LogP contribution in [-0.4, -0.2) is 50.0 Å². The Morgan fingerprint density at radius 3 is 2.79 bits per heavy atom. The van der Waals surface area contributed by atoms with E-state index in [9.17, 15) is 5.11 Å². The quantitative estimate of drug-likeness (QED) is 0.779. The molecule has 1 heterocycles. The number of rotatable bonds is 5. The topological polar surface area (TPSA) is 68.0 Å². The highest BCUT2D eigenvalue weighted by Gasteiger charge is 2.14. The van der Waals surface area contributed by atoms with Gasteiger partial charge in [-0.1, -0.05) is 6.07 Å². The van der Waals surface area contributed by atoms with Crippen LogP contribution in [0.5, 0.6) is 5.75 Å². The first-order valence-corrected chi connectivity index (χ1v) is 6.62. The van der Waals surface area contributed by atoms with Crippen LogP contribution in [0.3, 0.4) is 0 Å². The minimum Gasteiger partial charge on any atom is -0.495 e. The lowest BCUT2D eigenvalue weighted by Gasteiger charge is -2.27. The number of hydrogen-bond donors (Lipinski definition) is 2. The van der Waals surface area contributed by atoms with Gasteiger partial charge in [0.05, 0.1) is 32.1 Å². The second-order valence-electron chi connectivity index (χ2n) is 4.76. The highest BCUT2D eigenvalue weighted by molar-refractivity contribution is 5.54. The molecule has 0 saturated carbocycles. The van der Waals surface area contributed by atoms with Gasteiger partial charge in [0.15, 0.2) is 0 Å². The fourth-order valence-electron chi connectivity index (χ4n) is 2.26. The molecule has 1 atom stereocenters. The number of aliphatic hydroxyl groups is 1. The van der Waals surface area contributed by atoms with E-state index < -0.39 is 6.10 Å². The summed E-state index contributed by atoms with van der Waals surface area (Å²) in [5.74, 6) is 0.643. The smallest absolute Gasteiger partial charge is 0.141 e. The van der Waals surface area contributed by atoms with Crippen molar-refractivity contribution < 1.29 is 14.6 Å². The summed E-state index contributed by atoms with van der Waals surface area (Å²) >= 11 is 0. The molecule has 5 heteroatoms. The molecule has 106 valence electrons. The highest BCUT2D eigenvalue weighted by atomic mass is 16.5. The van der Waals surface area contributed by atoms with Gasteiger partial charge < -0.3 is 20.3 Å². The van der Waals surface area contributed by atoms with E-state index in [1.165, 1.54) is 0 Å². The number of nitrogens with zero attached hydrogens (tertiary/aromatic N) is 1. The Kier molecular flexibility index (Phi) is 5.01. The number of nitrogens with two attached hydrogens (primary N) is 1. The maximum Gasteiger partial charge on any atom is 0.141 e. The van der Waals surface area contributed by atoms with Crippen molar-refractivity contribution in [2.45, 2.75) is 12.5 Å². The van der Waals surface area contributed by atoms with Gasteiger partial charge in [-0.15, -0.1) is 0 Å². The van der Waals surface area contributed by atoms with Crippen LogP contribution in [-0.2, 0) is 4.74 Å². The Hall–Kier alpha value is -1.30. The molecule has 19 heavy (non-hydrogen) atoms. The largest absolute Gasteiger partial charge is 0.495 e. The number of nitrogen functional groups attached to an aromatic ring is 1. The van der Waals surface area contributed by atoms with E-state index in [2.05, 4.69) is 4.90 Å². The predicted molar refractivity (Wildman–Crippen MR) is 74.2 cm³/mol. The van der Waals surface area contributed by atoms with E-state index in [4.69, 9.17) is 15.2 Å². The molecule has 1 aliphatic rings. The minimum absolute atomic E-state index is 0.490. The maximum atomic E-state index is 10.2. The Bertz CT molecular complexity index is 406. The van der Waals surface area contributed by atoms with Crippen molar-refractivity contribution >= 4 is 5.69 Å². The van der Waals surface area contributed by atoms with E-state index in [0.717, 1.165) is 38.4 Å². The zero-order chi connectivity index (χ0) is 13.7. The standard InChI is InChI=1S/C14H22N2O3/c1-18-14-3-2-11(10-12(14)15)13(17)4-5-16-6-8-19-9-7-16/h2-3,10,13,17H,4-9,15H2,1H3. The van der Waals surface area contributed by atoms with Crippen molar-refractivity contribution in [3.05, 3.63) is 23.8 Å². The number of ether oxygens (including phenoxy) is 2. The molecule has 0 aliphatic carbocycles. The average molecular weight is 266 g/mol. The second kappa shape index (κ2) is 6.75. The fourth-order valence-corrected chi connectivity index (χ4v) is 2.26. The van der Waals surface area contributed by atoms with Gasteiger partial charge >= 0.3 is 0 Å². The average Bonchev–Trinajstić information content (AvgIpc) is 2.45. The van der Waals surface area contributed by atoms with Gasteiger partial charge in [0.1, 0.15) is 5.75 Å². The van der Waals surface area contributed by atoms with Gasteiger partial charge in [0.2, 0.25) is 0 Å². The Morgan fingerprint density at radius 2 is 2.16 bits per heavy atom. The SMILES string of the molecule is COc1ccc(C(O)CCN2CCOCC2)cc1N. The van der Waals surface area contributed by atoms with E-state index >= 15 is 0 Å².